The fourth-order valence-corrected chi connectivity index (χ4v) is 19.2. The minimum Gasteiger partial charge on any atom is -0.454 e. The van der Waals surface area contributed by atoms with E-state index in [1.54, 1.807) is 0 Å². The van der Waals surface area contributed by atoms with Gasteiger partial charge in [-0.3, -0.25) is 9.59 Å². The zero-order chi connectivity index (χ0) is 72.3. The van der Waals surface area contributed by atoms with E-state index in [-0.39, 0.29) is 25.2 Å². The fourth-order valence-electron chi connectivity index (χ4n) is 19.2. The molecule has 36 atom stereocenters. The third-order valence-corrected chi connectivity index (χ3v) is 25.0. The summed E-state index contributed by atoms with van der Waals surface area (Å²) in [5, 5.41) is 212. The number of fused-ring (bicyclic) bond motifs is 7. The molecule has 99 heavy (non-hydrogen) atoms. The highest BCUT2D eigenvalue weighted by atomic mass is 16.8. The van der Waals surface area contributed by atoms with E-state index in [9.17, 15) is 102 Å². The second-order valence-electron chi connectivity index (χ2n) is 31.2. The quantitative estimate of drug-likeness (QED) is 0.0344. The van der Waals surface area contributed by atoms with Crippen LogP contribution in [-0.4, -0.2) is 339 Å². The van der Waals surface area contributed by atoms with Crippen molar-refractivity contribution in [1.82, 2.24) is 0 Å². The van der Waals surface area contributed by atoms with E-state index in [0.717, 1.165) is 12.5 Å². The highest BCUT2D eigenvalue weighted by Crippen LogP contribution is 2.76. The molecule has 10 fully saturated rings. The lowest BCUT2D eigenvalue weighted by atomic mass is 9.33. The van der Waals surface area contributed by atoms with Crippen LogP contribution in [0.4, 0.5) is 0 Å². The van der Waals surface area contributed by atoms with Crippen LogP contribution >= 0.6 is 0 Å². The summed E-state index contributed by atoms with van der Waals surface area (Å²) in [4.78, 5) is 28.5. The molecular weight excluding hydrogens is 1320 g/mol. The molecule has 0 bridgehead atoms. The summed E-state index contributed by atoms with van der Waals surface area (Å²) in [7, 11) is 0. The van der Waals surface area contributed by atoms with E-state index in [1.165, 1.54) is 6.92 Å². The summed E-state index contributed by atoms with van der Waals surface area (Å²) < 4.78 is 76.5. The van der Waals surface area contributed by atoms with Crippen LogP contribution in [0.5, 0.6) is 0 Å². The summed E-state index contributed by atoms with van der Waals surface area (Å²) >= 11 is 0. The number of aliphatic hydroxyl groups excluding tert-OH is 18. The van der Waals surface area contributed by atoms with Crippen LogP contribution < -0.4 is 0 Å². The minimum absolute atomic E-state index is 0.00364. The van der Waals surface area contributed by atoms with Gasteiger partial charge in [0.1, 0.15) is 109 Å². The maximum absolute atomic E-state index is 15.7. The number of ether oxygens (including phenoxy) is 13. The first-order chi connectivity index (χ1) is 46.5. The second-order valence-corrected chi connectivity index (χ2v) is 31.2. The van der Waals surface area contributed by atoms with Crippen LogP contribution in [0.3, 0.4) is 0 Å². The zero-order valence-electron chi connectivity index (χ0n) is 56.4. The van der Waals surface area contributed by atoms with Crippen molar-refractivity contribution in [3.63, 3.8) is 0 Å². The van der Waals surface area contributed by atoms with Gasteiger partial charge in [-0.25, -0.2) is 0 Å². The molecule has 0 aromatic heterocycles. The minimum atomic E-state index is -2.11. The van der Waals surface area contributed by atoms with E-state index >= 15 is 4.79 Å². The van der Waals surface area contributed by atoms with Crippen molar-refractivity contribution >= 4 is 11.9 Å². The lowest BCUT2D eigenvalue weighted by Crippen LogP contribution is -2.72. The van der Waals surface area contributed by atoms with E-state index in [1.807, 2.05) is 6.92 Å². The molecule has 11 rings (SSSR count). The molecule has 6 saturated heterocycles. The molecule has 0 unspecified atom stereocenters. The van der Waals surface area contributed by atoms with Gasteiger partial charge in [0.2, 0.25) is 6.29 Å². The number of allylic oxidation sites excluding steroid dienone is 2. The van der Waals surface area contributed by atoms with E-state index in [4.69, 9.17) is 61.6 Å². The van der Waals surface area contributed by atoms with Crippen LogP contribution in [0.1, 0.15) is 99.8 Å². The Bertz CT molecular complexity index is 2830. The molecule has 5 aliphatic carbocycles. The van der Waals surface area contributed by atoms with Crippen LogP contribution in [0.25, 0.3) is 0 Å². The molecule has 0 amide bonds. The van der Waals surface area contributed by atoms with Crippen LogP contribution in [0, 0.1) is 50.2 Å². The van der Waals surface area contributed by atoms with Gasteiger partial charge < -0.3 is 159 Å². The Hall–Kier alpha value is -2.52. The van der Waals surface area contributed by atoms with Crippen molar-refractivity contribution in [1.29, 1.82) is 0 Å². The number of hydrogen-bond acceptors (Lipinski definition) is 34. The summed E-state index contributed by atoms with van der Waals surface area (Å²) in [6.45, 7) is 6.93. The molecule has 0 aromatic carbocycles. The summed E-state index contributed by atoms with van der Waals surface area (Å²) in [5.41, 5.74) is -7.54. The van der Waals surface area contributed by atoms with Crippen molar-refractivity contribution in [2.24, 2.45) is 50.2 Å². The molecule has 568 valence electrons. The zero-order valence-corrected chi connectivity index (χ0v) is 56.4. The molecule has 0 aromatic rings. The molecule has 11 aliphatic rings. The predicted molar refractivity (Wildman–Crippen MR) is 324 cm³/mol. The predicted octanol–water partition coefficient (Wildman–Crippen LogP) is -6.98. The Kier molecular flexibility index (Phi) is 22.7. The largest absolute Gasteiger partial charge is 0.454 e. The molecule has 4 saturated carbocycles. The van der Waals surface area contributed by atoms with E-state index < -0.39 is 287 Å². The molecule has 6 heterocycles. The Morgan fingerprint density at radius 2 is 1.14 bits per heavy atom. The molecule has 34 nitrogen and oxygen atoms in total. The first-order valence-corrected chi connectivity index (χ1v) is 34.3. The van der Waals surface area contributed by atoms with Crippen LogP contribution in [0.15, 0.2) is 11.6 Å². The van der Waals surface area contributed by atoms with Crippen molar-refractivity contribution in [3.8, 4) is 0 Å². The average molecular weight is 1430 g/mol. The third-order valence-electron chi connectivity index (χ3n) is 25.0. The molecule has 19 N–H and O–H groups in total. The van der Waals surface area contributed by atoms with Crippen molar-refractivity contribution in [2.75, 3.05) is 52.9 Å². The molecule has 0 spiro atoms. The lowest BCUT2D eigenvalue weighted by molar-refractivity contribution is -0.377. The van der Waals surface area contributed by atoms with Crippen molar-refractivity contribution in [2.45, 2.75) is 277 Å². The smallest absolute Gasteiger partial charge is 0.317 e. The van der Waals surface area contributed by atoms with Crippen LogP contribution in [0.2, 0.25) is 0 Å². The van der Waals surface area contributed by atoms with E-state index in [0.29, 0.717) is 32.1 Å². The molecular formula is C65H104O34. The molecule has 34 heteroatoms. The number of esters is 2. The standard InChI is InChI=1S/C65H104O34/c1-25-45(94-52-43(82)46(31(74)20-87-52)95-57-50(84)64(86,23-70)24-89-57)42(81)49(91-26(2)71)56(90-25)97-48-37(76)30(73)19-88-55(48)99-58(85)65-13-12-59(3,4)14-28(65)27-8-9-34-60(5)15-29(72)51(63(21-68,22-69)35(60)10-11-61(34,6)62(27,7)16-36(65)75)98-54-44(83)47(39(78)33(18-67)93-54)96-53-41(80)40(79)38(77)32(17-66)92-53/h8,25,28-57,66-70,72-84,86H,9-24H2,1-7H3/t25-,28+,29-,30-,31+,32+,33+,34+,35-,36+,37-,38+,39+,40-,41+,42+,43+,44+,45-,46-,47-,48+,49+,50-,51-,52-,53-,54-,55-,56-,57-,60+,61+,62+,64+,65+/m0/s1. The maximum atomic E-state index is 15.7. The average Bonchev–Trinajstić information content (AvgIpc) is 1.38. The summed E-state index contributed by atoms with van der Waals surface area (Å²) in [5.74, 6) is -3.56. The van der Waals surface area contributed by atoms with Gasteiger partial charge in [-0.2, -0.15) is 0 Å². The van der Waals surface area contributed by atoms with Crippen molar-refractivity contribution in [3.05, 3.63) is 11.6 Å². The number of rotatable bonds is 18. The topological polar surface area (TPSA) is 539 Å². The lowest BCUT2D eigenvalue weighted by Gasteiger charge is -2.72. The third kappa shape index (κ3) is 13.1. The van der Waals surface area contributed by atoms with Crippen molar-refractivity contribution < 1.29 is 168 Å². The number of aliphatic hydroxyl groups is 19. The van der Waals surface area contributed by atoms with E-state index in [2.05, 4.69) is 33.8 Å². The normalized spacial score (nSPS) is 52.7. The van der Waals surface area contributed by atoms with Gasteiger partial charge >= 0.3 is 11.9 Å². The molecule has 0 radical (unpaired) electrons. The molecule has 6 aliphatic heterocycles. The number of carbonyl (C=O) groups is 2. The first kappa shape index (κ1) is 77.6. The maximum Gasteiger partial charge on any atom is 0.317 e. The summed E-state index contributed by atoms with van der Waals surface area (Å²) in [6, 6.07) is 0. The SMILES string of the molecule is CC(=O)O[C@H]1[C@H](O[C@H]2[C@H](OC(=O)[C@]34CCC(C)(C)C[C@@H]3C3=CC[C@@H]5[C@@]6(C)C[C@H](O)[C@H](O[C@@H]7O[C@H](CO)[C@@H](O)[C@H](O[C@@H]8O[C@H](CO)[C@@H](O)[C@H](O)[C@H]8O)[C@H]7O)C(CO)(CO)[C@H]6CC[C@@]5(C)[C@]3(C)C[C@H]4O)OC[C@H](O)[C@@H]2O)O[C@@H](C)[C@H](O[C@@H]2OC[C@@H](O)[C@H](O[C@@H]3OC[C@](O)(CO)[C@H]3O)[C@H]2O)[C@H]1O. The fraction of sp³-hybridized carbons (Fsp3) is 0.938. The highest BCUT2D eigenvalue weighted by Gasteiger charge is 2.74. The summed E-state index contributed by atoms with van der Waals surface area (Å²) in [6.07, 6.45) is -44.0. The van der Waals surface area contributed by atoms with Gasteiger partial charge in [-0.15, -0.1) is 0 Å². The monoisotopic (exact) mass is 1430 g/mol. The number of hydrogen-bond donors (Lipinski definition) is 19. The van der Waals surface area contributed by atoms with Gasteiger partial charge in [-0.05, 0) is 97.7 Å². The van der Waals surface area contributed by atoms with Gasteiger partial charge in [0.25, 0.3) is 0 Å². The van der Waals surface area contributed by atoms with Crippen LogP contribution in [-0.2, 0) is 71.2 Å². The first-order valence-electron chi connectivity index (χ1n) is 34.3. The van der Waals surface area contributed by atoms with Gasteiger partial charge in [-0.1, -0.05) is 46.3 Å². The van der Waals surface area contributed by atoms with Gasteiger partial charge in [0.15, 0.2) is 43.7 Å². The Morgan fingerprint density at radius 1 is 0.535 bits per heavy atom. The second kappa shape index (κ2) is 29.0. The highest BCUT2D eigenvalue weighted by molar-refractivity contribution is 5.80. The number of carbonyl (C=O) groups excluding carboxylic acids is 2. The Morgan fingerprint density at radius 3 is 1.78 bits per heavy atom. The Balaban J connectivity index is 0.820. The van der Waals surface area contributed by atoms with Gasteiger partial charge in [0, 0.05) is 12.3 Å². The van der Waals surface area contributed by atoms with Gasteiger partial charge in [0.05, 0.1) is 77.3 Å². The Labute approximate surface area is 570 Å².